The number of carbonyl (C=O) groups is 3. The monoisotopic (exact) mass is 355 g/mol. The van der Waals surface area contributed by atoms with Gasteiger partial charge in [0.25, 0.3) is 11.8 Å². The molecule has 8 nitrogen and oxygen atoms in total. The van der Waals surface area contributed by atoms with Gasteiger partial charge in [-0.2, -0.15) is 0 Å². The molecule has 0 bridgehead atoms. The standard InChI is InChI=1S/C18H17N3O5/c1-25-12-4-6-13(7-5-12)26-10-9-19-15(22)11-21-17(23)14-3-2-8-20-16(14)18(21)24/h2-8H,9-11H2,1H3,(H,19,22). The number of amides is 3. The molecule has 0 aliphatic carbocycles. The van der Waals surface area contributed by atoms with E-state index in [1.807, 2.05) is 0 Å². The molecule has 0 unspecified atom stereocenters. The fraction of sp³-hybridized carbons (Fsp3) is 0.222. The highest BCUT2D eigenvalue weighted by molar-refractivity contribution is 6.21. The molecule has 0 saturated heterocycles. The number of rotatable bonds is 7. The number of nitrogens with one attached hydrogen (secondary N) is 1. The zero-order valence-electron chi connectivity index (χ0n) is 14.1. The van der Waals surface area contributed by atoms with Crippen LogP contribution in [0.4, 0.5) is 0 Å². The van der Waals surface area contributed by atoms with Crippen LogP contribution in [-0.2, 0) is 4.79 Å². The number of fused-ring (bicyclic) bond motifs is 1. The van der Waals surface area contributed by atoms with Crippen molar-refractivity contribution in [2.45, 2.75) is 0 Å². The second-order valence-electron chi connectivity index (χ2n) is 5.47. The third kappa shape index (κ3) is 3.64. The summed E-state index contributed by atoms with van der Waals surface area (Å²) in [5.41, 5.74) is 0.293. The van der Waals surface area contributed by atoms with Crippen molar-refractivity contribution in [3.05, 3.63) is 53.9 Å². The van der Waals surface area contributed by atoms with Crippen LogP contribution in [0.2, 0.25) is 0 Å². The fourth-order valence-corrected chi connectivity index (χ4v) is 2.49. The lowest BCUT2D eigenvalue weighted by Crippen LogP contribution is -2.41. The molecule has 1 aliphatic heterocycles. The number of imide groups is 1. The molecule has 3 amide bonds. The van der Waals surface area contributed by atoms with Crippen LogP contribution in [0, 0.1) is 0 Å². The van der Waals surface area contributed by atoms with Crippen LogP contribution < -0.4 is 14.8 Å². The molecule has 1 N–H and O–H groups in total. The molecule has 1 aromatic carbocycles. The van der Waals surface area contributed by atoms with E-state index in [-0.39, 0.29) is 31.0 Å². The Labute approximate surface area is 149 Å². The van der Waals surface area contributed by atoms with E-state index < -0.39 is 17.7 Å². The van der Waals surface area contributed by atoms with Crippen molar-refractivity contribution >= 4 is 17.7 Å². The van der Waals surface area contributed by atoms with Crippen molar-refractivity contribution in [2.75, 3.05) is 26.8 Å². The molecule has 2 heterocycles. The third-order valence-corrected chi connectivity index (χ3v) is 3.79. The van der Waals surface area contributed by atoms with Gasteiger partial charge in [0.05, 0.1) is 19.2 Å². The van der Waals surface area contributed by atoms with Gasteiger partial charge in [0.15, 0.2) is 0 Å². The molecule has 2 aromatic rings. The highest BCUT2D eigenvalue weighted by atomic mass is 16.5. The van der Waals surface area contributed by atoms with Crippen LogP contribution in [0.25, 0.3) is 0 Å². The van der Waals surface area contributed by atoms with Gasteiger partial charge in [0, 0.05) is 6.20 Å². The Kier molecular flexibility index (Phi) is 5.12. The first-order valence-electron chi connectivity index (χ1n) is 7.95. The summed E-state index contributed by atoms with van der Waals surface area (Å²) in [5.74, 6) is -0.150. The predicted octanol–water partition coefficient (Wildman–Crippen LogP) is 0.881. The summed E-state index contributed by atoms with van der Waals surface area (Å²) in [6, 6.07) is 10.1. The Bertz CT molecular complexity index is 800. The van der Waals surface area contributed by atoms with E-state index in [2.05, 4.69) is 10.3 Å². The molecule has 3 rings (SSSR count). The van der Waals surface area contributed by atoms with Crippen molar-refractivity contribution in [1.82, 2.24) is 15.2 Å². The van der Waals surface area contributed by atoms with Crippen LogP contribution in [0.3, 0.4) is 0 Å². The Morgan fingerprint density at radius 2 is 1.85 bits per heavy atom. The molecule has 1 aromatic heterocycles. The lowest BCUT2D eigenvalue weighted by molar-refractivity contribution is -0.121. The zero-order valence-corrected chi connectivity index (χ0v) is 14.1. The SMILES string of the molecule is COc1ccc(OCCNC(=O)CN2C(=O)c3cccnc3C2=O)cc1. The summed E-state index contributed by atoms with van der Waals surface area (Å²) in [4.78, 5) is 41.1. The summed E-state index contributed by atoms with van der Waals surface area (Å²) >= 11 is 0. The molecule has 8 heteroatoms. The minimum Gasteiger partial charge on any atom is -0.497 e. The molecule has 0 saturated carbocycles. The summed E-state index contributed by atoms with van der Waals surface area (Å²) in [6.45, 7) is 0.143. The lowest BCUT2D eigenvalue weighted by Gasteiger charge is -2.13. The average molecular weight is 355 g/mol. The predicted molar refractivity (Wildman–Crippen MR) is 91.1 cm³/mol. The topological polar surface area (TPSA) is 97.8 Å². The van der Waals surface area contributed by atoms with Crippen molar-refractivity contribution in [2.24, 2.45) is 0 Å². The van der Waals surface area contributed by atoms with Gasteiger partial charge < -0.3 is 14.8 Å². The number of ether oxygens (including phenoxy) is 2. The summed E-state index contributed by atoms with van der Waals surface area (Å²) in [7, 11) is 1.58. The van der Waals surface area contributed by atoms with Gasteiger partial charge in [-0.3, -0.25) is 24.3 Å². The molecular formula is C18H17N3O5. The summed E-state index contributed by atoms with van der Waals surface area (Å²) in [6.07, 6.45) is 1.43. The molecule has 0 radical (unpaired) electrons. The largest absolute Gasteiger partial charge is 0.497 e. The Balaban J connectivity index is 1.45. The Morgan fingerprint density at radius 1 is 1.12 bits per heavy atom. The van der Waals surface area contributed by atoms with E-state index in [0.29, 0.717) is 5.75 Å². The normalized spacial score (nSPS) is 12.7. The van der Waals surface area contributed by atoms with E-state index in [1.165, 1.54) is 12.3 Å². The van der Waals surface area contributed by atoms with Gasteiger partial charge in [-0.1, -0.05) is 0 Å². The number of hydrogen-bond acceptors (Lipinski definition) is 6. The van der Waals surface area contributed by atoms with Gasteiger partial charge in [0.2, 0.25) is 5.91 Å². The van der Waals surface area contributed by atoms with Crippen molar-refractivity contribution in [3.8, 4) is 11.5 Å². The molecule has 0 atom stereocenters. The molecule has 0 spiro atoms. The molecule has 26 heavy (non-hydrogen) atoms. The van der Waals surface area contributed by atoms with Gasteiger partial charge >= 0.3 is 0 Å². The minimum absolute atomic E-state index is 0.0770. The number of hydrogen-bond donors (Lipinski definition) is 1. The average Bonchev–Trinajstić information content (AvgIpc) is 2.91. The Morgan fingerprint density at radius 3 is 2.54 bits per heavy atom. The number of carbonyl (C=O) groups excluding carboxylic acids is 3. The second kappa shape index (κ2) is 7.64. The van der Waals surface area contributed by atoms with E-state index in [9.17, 15) is 14.4 Å². The van der Waals surface area contributed by atoms with Crippen LogP contribution >= 0.6 is 0 Å². The number of benzene rings is 1. The second-order valence-corrected chi connectivity index (χ2v) is 5.47. The smallest absolute Gasteiger partial charge is 0.280 e. The minimum atomic E-state index is -0.560. The number of nitrogens with zero attached hydrogens (tertiary/aromatic N) is 2. The van der Waals surface area contributed by atoms with E-state index in [1.54, 1.807) is 37.4 Å². The lowest BCUT2D eigenvalue weighted by atomic mass is 10.2. The van der Waals surface area contributed by atoms with Gasteiger partial charge in [-0.15, -0.1) is 0 Å². The molecule has 1 aliphatic rings. The van der Waals surface area contributed by atoms with Gasteiger partial charge in [0.1, 0.15) is 30.3 Å². The van der Waals surface area contributed by atoms with E-state index >= 15 is 0 Å². The quantitative estimate of drug-likeness (QED) is 0.585. The first-order chi connectivity index (χ1) is 12.6. The third-order valence-electron chi connectivity index (χ3n) is 3.79. The van der Waals surface area contributed by atoms with E-state index in [4.69, 9.17) is 9.47 Å². The Hall–Kier alpha value is -3.42. The molecular weight excluding hydrogens is 338 g/mol. The van der Waals surface area contributed by atoms with Gasteiger partial charge in [-0.25, -0.2) is 0 Å². The first kappa shape index (κ1) is 17.4. The number of aromatic nitrogens is 1. The van der Waals surface area contributed by atoms with Crippen LogP contribution in [-0.4, -0.2) is 54.4 Å². The van der Waals surface area contributed by atoms with Crippen LogP contribution in [0.5, 0.6) is 11.5 Å². The zero-order chi connectivity index (χ0) is 18.5. The molecule has 0 fully saturated rings. The highest BCUT2D eigenvalue weighted by Crippen LogP contribution is 2.20. The number of methoxy groups -OCH3 is 1. The van der Waals surface area contributed by atoms with Gasteiger partial charge in [-0.05, 0) is 36.4 Å². The fourth-order valence-electron chi connectivity index (χ4n) is 2.49. The first-order valence-corrected chi connectivity index (χ1v) is 7.95. The van der Waals surface area contributed by atoms with Crippen molar-refractivity contribution < 1.29 is 23.9 Å². The van der Waals surface area contributed by atoms with E-state index in [0.717, 1.165) is 10.6 Å². The molecule has 134 valence electrons. The maximum Gasteiger partial charge on any atom is 0.280 e. The summed E-state index contributed by atoms with van der Waals surface area (Å²) < 4.78 is 10.5. The van der Waals surface area contributed by atoms with Crippen molar-refractivity contribution in [3.63, 3.8) is 0 Å². The summed E-state index contributed by atoms with van der Waals surface area (Å²) in [5, 5.41) is 2.62. The van der Waals surface area contributed by atoms with Crippen LogP contribution in [0.1, 0.15) is 20.8 Å². The highest BCUT2D eigenvalue weighted by Gasteiger charge is 2.37. The maximum absolute atomic E-state index is 12.2. The van der Waals surface area contributed by atoms with Crippen molar-refractivity contribution in [1.29, 1.82) is 0 Å². The number of pyridine rings is 1. The van der Waals surface area contributed by atoms with Crippen LogP contribution in [0.15, 0.2) is 42.6 Å². The maximum atomic E-state index is 12.2.